The lowest BCUT2D eigenvalue weighted by molar-refractivity contribution is 0.235. The number of likely N-dealkylation sites (tertiary alicyclic amines) is 1. The van der Waals surface area contributed by atoms with E-state index >= 15 is 0 Å². The van der Waals surface area contributed by atoms with E-state index in [9.17, 15) is 0 Å². The van der Waals surface area contributed by atoms with Gasteiger partial charge in [-0.3, -0.25) is 0 Å². The van der Waals surface area contributed by atoms with Crippen LogP contribution >= 0.6 is 0 Å². The number of hydrogen-bond acceptors (Lipinski definition) is 2. The Hall–Kier alpha value is -0.860. The summed E-state index contributed by atoms with van der Waals surface area (Å²) in [5, 5.41) is 0. The Bertz CT molecular complexity index is 347. The normalized spacial score (nSPS) is 21.1. The molecule has 0 N–H and O–H groups in total. The van der Waals surface area contributed by atoms with Gasteiger partial charge in [-0.25, -0.2) is 0 Å². The summed E-state index contributed by atoms with van der Waals surface area (Å²) in [6.45, 7) is 9.45. The Kier molecular flexibility index (Phi) is 4.79. The second-order valence-corrected chi connectivity index (χ2v) is 5.93. The van der Waals surface area contributed by atoms with Crippen molar-refractivity contribution in [2.45, 2.75) is 32.9 Å². The SMILES string of the molecule is CC(C)N1CCC(CN(C)Cc2ccccc2)C1. The van der Waals surface area contributed by atoms with Crippen molar-refractivity contribution < 1.29 is 0 Å². The van der Waals surface area contributed by atoms with Gasteiger partial charge in [0.25, 0.3) is 0 Å². The van der Waals surface area contributed by atoms with Crippen LogP contribution < -0.4 is 0 Å². The molecule has 2 nitrogen and oxygen atoms in total. The highest BCUT2D eigenvalue weighted by Crippen LogP contribution is 2.19. The van der Waals surface area contributed by atoms with Crippen molar-refractivity contribution in [3.8, 4) is 0 Å². The van der Waals surface area contributed by atoms with Crippen LogP contribution in [0.15, 0.2) is 30.3 Å². The van der Waals surface area contributed by atoms with Crippen LogP contribution in [-0.2, 0) is 6.54 Å². The fraction of sp³-hybridized carbons (Fsp3) is 0.625. The van der Waals surface area contributed by atoms with Crippen LogP contribution in [-0.4, -0.2) is 42.5 Å². The molecule has 100 valence electrons. The van der Waals surface area contributed by atoms with Gasteiger partial charge in [-0.1, -0.05) is 30.3 Å². The zero-order valence-corrected chi connectivity index (χ0v) is 12.0. The number of hydrogen-bond donors (Lipinski definition) is 0. The molecule has 1 aromatic rings. The quantitative estimate of drug-likeness (QED) is 0.788. The van der Waals surface area contributed by atoms with E-state index in [1.54, 1.807) is 0 Å². The average molecular weight is 246 g/mol. The molecule has 0 saturated carbocycles. The first-order valence-electron chi connectivity index (χ1n) is 7.11. The third kappa shape index (κ3) is 3.82. The van der Waals surface area contributed by atoms with Gasteiger partial charge in [0.05, 0.1) is 0 Å². The molecule has 1 fully saturated rings. The van der Waals surface area contributed by atoms with Crippen molar-refractivity contribution in [1.29, 1.82) is 0 Å². The topological polar surface area (TPSA) is 6.48 Å². The van der Waals surface area contributed by atoms with Crippen molar-refractivity contribution in [2.24, 2.45) is 5.92 Å². The molecule has 1 aromatic carbocycles. The largest absolute Gasteiger partial charge is 0.302 e. The van der Waals surface area contributed by atoms with Gasteiger partial charge in [0.2, 0.25) is 0 Å². The molecule has 18 heavy (non-hydrogen) atoms. The van der Waals surface area contributed by atoms with E-state index in [-0.39, 0.29) is 0 Å². The number of benzene rings is 1. The Morgan fingerprint density at radius 3 is 2.61 bits per heavy atom. The van der Waals surface area contributed by atoms with Gasteiger partial charge >= 0.3 is 0 Å². The zero-order chi connectivity index (χ0) is 13.0. The Balaban J connectivity index is 1.77. The molecule has 1 saturated heterocycles. The lowest BCUT2D eigenvalue weighted by atomic mass is 10.1. The molecule has 1 atom stereocenters. The van der Waals surface area contributed by atoms with E-state index in [4.69, 9.17) is 0 Å². The van der Waals surface area contributed by atoms with Crippen molar-refractivity contribution >= 4 is 0 Å². The van der Waals surface area contributed by atoms with Crippen LogP contribution in [0.3, 0.4) is 0 Å². The zero-order valence-electron chi connectivity index (χ0n) is 12.0. The third-order valence-corrected chi connectivity index (χ3v) is 3.91. The Morgan fingerprint density at radius 2 is 2.00 bits per heavy atom. The number of nitrogens with zero attached hydrogens (tertiary/aromatic N) is 2. The number of rotatable bonds is 5. The first-order chi connectivity index (χ1) is 8.65. The van der Waals surface area contributed by atoms with Gasteiger partial charge in [-0.15, -0.1) is 0 Å². The summed E-state index contributed by atoms with van der Waals surface area (Å²) in [6.07, 6.45) is 1.36. The Labute approximate surface area is 112 Å². The molecule has 0 radical (unpaired) electrons. The molecule has 2 rings (SSSR count). The summed E-state index contributed by atoms with van der Waals surface area (Å²) in [5.74, 6) is 0.848. The van der Waals surface area contributed by atoms with Gasteiger partial charge in [0.1, 0.15) is 0 Å². The van der Waals surface area contributed by atoms with E-state index in [0.717, 1.165) is 12.5 Å². The fourth-order valence-electron chi connectivity index (χ4n) is 2.88. The van der Waals surface area contributed by atoms with Gasteiger partial charge in [0, 0.05) is 25.7 Å². The standard InChI is InChI=1S/C16H26N2/c1-14(2)18-10-9-16(13-18)12-17(3)11-15-7-5-4-6-8-15/h4-8,14,16H,9-13H2,1-3H3. The van der Waals surface area contributed by atoms with E-state index in [0.29, 0.717) is 6.04 Å². The first kappa shape index (κ1) is 13.6. The summed E-state index contributed by atoms with van der Waals surface area (Å²) in [7, 11) is 2.24. The van der Waals surface area contributed by atoms with Crippen LogP contribution in [0.25, 0.3) is 0 Å². The van der Waals surface area contributed by atoms with Crippen LogP contribution in [0, 0.1) is 5.92 Å². The molecule has 0 amide bonds. The molecule has 1 aliphatic heterocycles. The molecule has 0 spiro atoms. The molecular formula is C16H26N2. The highest BCUT2D eigenvalue weighted by molar-refractivity contribution is 5.14. The second-order valence-electron chi connectivity index (χ2n) is 5.93. The predicted molar refractivity (Wildman–Crippen MR) is 77.6 cm³/mol. The second kappa shape index (κ2) is 6.35. The van der Waals surface area contributed by atoms with E-state index in [1.807, 2.05) is 0 Å². The molecule has 0 bridgehead atoms. The maximum absolute atomic E-state index is 2.60. The lowest BCUT2D eigenvalue weighted by Gasteiger charge is -2.23. The summed E-state index contributed by atoms with van der Waals surface area (Å²) in [4.78, 5) is 5.06. The molecule has 1 heterocycles. The summed E-state index contributed by atoms with van der Waals surface area (Å²) >= 11 is 0. The van der Waals surface area contributed by atoms with E-state index in [1.165, 1.54) is 31.6 Å². The van der Waals surface area contributed by atoms with Crippen LogP contribution in [0.1, 0.15) is 25.8 Å². The highest BCUT2D eigenvalue weighted by atomic mass is 15.2. The molecule has 1 unspecified atom stereocenters. The molecule has 1 aliphatic rings. The van der Waals surface area contributed by atoms with Crippen LogP contribution in [0.4, 0.5) is 0 Å². The van der Waals surface area contributed by atoms with Gasteiger partial charge in [-0.05, 0) is 45.3 Å². The minimum atomic E-state index is 0.703. The predicted octanol–water partition coefficient (Wildman–Crippen LogP) is 2.85. The minimum Gasteiger partial charge on any atom is -0.302 e. The third-order valence-electron chi connectivity index (χ3n) is 3.91. The molecule has 0 aliphatic carbocycles. The maximum atomic E-state index is 2.60. The van der Waals surface area contributed by atoms with Gasteiger partial charge in [-0.2, -0.15) is 0 Å². The molecule has 2 heteroatoms. The van der Waals surface area contributed by atoms with E-state index < -0.39 is 0 Å². The van der Waals surface area contributed by atoms with E-state index in [2.05, 4.69) is 61.0 Å². The van der Waals surface area contributed by atoms with Crippen LogP contribution in [0.5, 0.6) is 0 Å². The van der Waals surface area contributed by atoms with Crippen molar-refractivity contribution in [2.75, 3.05) is 26.7 Å². The lowest BCUT2D eigenvalue weighted by Crippen LogP contribution is -2.31. The smallest absolute Gasteiger partial charge is 0.0230 e. The Morgan fingerprint density at radius 1 is 1.28 bits per heavy atom. The molecule has 0 aromatic heterocycles. The van der Waals surface area contributed by atoms with Gasteiger partial charge in [0.15, 0.2) is 0 Å². The summed E-state index contributed by atoms with van der Waals surface area (Å²) in [6, 6.07) is 11.5. The average Bonchev–Trinajstić information content (AvgIpc) is 2.78. The monoisotopic (exact) mass is 246 g/mol. The van der Waals surface area contributed by atoms with Crippen molar-refractivity contribution in [1.82, 2.24) is 9.80 Å². The fourth-order valence-corrected chi connectivity index (χ4v) is 2.88. The molecular weight excluding hydrogens is 220 g/mol. The first-order valence-corrected chi connectivity index (χ1v) is 7.11. The van der Waals surface area contributed by atoms with Crippen molar-refractivity contribution in [3.05, 3.63) is 35.9 Å². The summed E-state index contributed by atoms with van der Waals surface area (Å²) in [5.41, 5.74) is 1.42. The maximum Gasteiger partial charge on any atom is 0.0230 e. The highest BCUT2D eigenvalue weighted by Gasteiger charge is 2.24. The van der Waals surface area contributed by atoms with Crippen LogP contribution in [0.2, 0.25) is 0 Å². The minimum absolute atomic E-state index is 0.703. The van der Waals surface area contributed by atoms with Crippen molar-refractivity contribution in [3.63, 3.8) is 0 Å². The summed E-state index contributed by atoms with van der Waals surface area (Å²) < 4.78 is 0. The van der Waals surface area contributed by atoms with Gasteiger partial charge < -0.3 is 9.80 Å².